The van der Waals surface area contributed by atoms with Crippen LogP contribution < -0.4 is 5.32 Å². The molecule has 0 unspecified atom stereocenters. The van der Waals surface area contributed by atoms with Crippen molar-refractivity contribution in [3.8, 4) is 11.5 Å². The van der Waals surface area contributed by atoms with Crippen LogP contribution in [0.15, 0.2) is 47.2 Å². The van der Waals surface area contributed by atoms with E-state index >= 15 is 0 Å². The SMILES string of the molecule is Cc1ccc(-c2nnco2)cc1NC(=O)c1ccc2c(c1)C(=O)N(C1CCCCC1)C2=O. The molecule has 0 bridgehead atoms. The minimum Gasteiger partial charge on any atom is -0.423 e. The molecule has 2 heterocycles. The lowest BCUT2D eigenvalue weighted by Crippen LogP contribution is -2.40. The molecule has 1 saturated carbocycles. The fraction of sp³-hybridized carbons (Fsp3) is 0.292. The van der Waals surface area contributed by atoms with Crippen LogP contribution in [-0.4, -0.2) is 38.9 Å². The molecule has 3 amide bonds. The molecule has 1 aliphatic heterocycles. The van der Waals surface area contributed by atoms with Crippen molar-refractivity contribution in [1.82, 2.24) is 15.1 Å². The average Bonchev–Trinajstić information content (AvgIpc) is 3.43. The fourth-order valence-electron chi connectivity index (χ4n) is 4.45. The Morgan fingerprint density at radius 3 is 2.56 bits per heavy atom. The van der Waals surface area contributed by atoms with E-state index < -0.39 is 0 Å². The standard InChI is InChI=1S/C24H22N4O4/c1-14-7-8-16(22-27-25-13-32-22)12-20(14)26-21(29)15-9-10-18-19(11-15)24(31)28(23(18)30)17-5-3-2-4-6-17/h7-13,17H,2-6H2,1H3,(H,26,29). The average molecular weight is 430 g/mol. The molecule has 2 aliphatic rings. The maximum Gasteiger partial charge on any atom is 0.261 e. The number of rotatable bonds is 4. The van der Waals surface area contributed by atoms with Crippen LogP contribution in [0.25, 0.3) is 11.5 Å². The first-order chi connectivity index (χ1) is 15.5. The minimum atomic E-state index is -0.366. The molecule has 1 N–H and O–H groups in total. The summed E-state index contributed by atoms with van der Waals surface area (Å²) < 4.78 is 5.23. The third-order valence-electron chi connectivity index (χ3n) is 6.21. The van der Waals surface area contributed by atoms with Gasteiger partial charge in [-0.1, -0.05) is 25.3 Å². The molecule has 1 aromatic heterocycles. The first-order valence-electron chi connectivity index (χ1n) is 10.7. The normalized spacial score (nSPS) is 16.3. The van der Waals surface area contributed by atoms with E-state index in [0.717, 1.165) is 37.7 Å². The summed E-state index contributed by atoms with van der Waals surface area (Å²) in [5.41, 5.74) is 3.12. The van der Waals surface area contributed by atoms with Crippen molar-refractivity contribution in [1.29, 1.82) is 0 Å². The van der Waals surface area contributed by atoms with Crippen LogP contribution in [0.4, 0.5) is 5.69 Å². The highest BCUT2D eigenvalue weighted by Crippen LogP contribution is 2.32. The van der Waals surface area contributed by atoms with Crippen molar-refractivity contribution in [3.63, 3.8) is 0 Å². The van der Waals surface area contributed by atoms with E-state index in [4.69, 9.17) is 4.42 Å². The van der Waals surface area contributed by atoms with Gasteiger partial charge in [0.1, 0.15) is 0 Å². The van der Waals surface area contributed by atoms with Crippen molar-refractivity contribution in [2.24, 2.45) is 0 Å². The van der Waals surface area contributed by atoms with E-state index in [9.17, 15) is 14.4 Å². The number of imide groups is 1. The van der Waals surface area contributed by atoms with Crippen LogP contribution in [-0.2, 0) is 0 Å². The topological polar surface area (TPSA) is 105 Å². The lowest BCUT2D eigenvalue weighted by atomic mass is 9.94. The highest BCUT2D eigenvalue weighted by molar-refractivity contribution is 6.22. The van der Waals surface area contributed by atoms with Crippen molar-refractivity contribution >= 4 is 23.4 Å². The van der Waals surface area contributed by atoms with Crippen LogP contribution in [0.5, 0.6) is 0 Å². The van der Waals surface area contributed by atoms with Gasteiger partial charge in [0.05, 0.1) is 11.1 Å². The van der Waals surface area contributed by atoms with Gasteiger partial charge in [0.15, 0.2) is 0 Å². The molecule has 32 heavy (non-hydrogen) atoms. The van der Waals surface area contributed by atoms with E-state index in [0.29, 0.717) is 33.8 Å². The number of benzene rings is 2. The van der Waals surface area contributed by atoms with Crippen molar-refractivity contribution in [3.05, 3.63) is 65.0 Å². The second-order valence-electron chi connectivity index (χ2n) is 8.26. The van der Waals surface area contributed by atoms with Gasteiger partial charge in [-0.05, 0) is 55.7 Å². The van der Waals surface area contributed by atoms with Crippen molar-refractivity contribution in [2.75, 3.05) is 5.32 Å². The molecule has 5 rings (SSSR count). The first kappa shape index (κ1) is 20.1. The quantitative estimate of drug-likeness (QED) is 0.621. The summed E-state index contributed by atoms with van der Waals surface area (Å²) in [6.07, 6.45) is 6.11. The summed E-state index contributed by atoms with van der Waals surface area (Å²) in [6, 6.07) is 10.1. The van der Waals surface area contributed by atoms with Crippen molar-refractivity contribution in [2.45, 2.75) is 45.1 Å². The van der Waals surface area contributed by atoms with Gasteiger partial charge in [-0.15, -0.1) is 10.2 Å². The Hall–Kier alpha value is -3.81. The van der Waals surface area contributed by atoms with Crippen LogP contribution in [0.2, 0.25) is 0 Å². The van der Waals surface area contributed by atoms with Gasteiger partial charge in [-0.3, -0.25) is 19.3 Å². The second-order valence-corrected chi connectivity index (χ2v) is 8.26. The number of anilines is 1. The molecule has 0 radical (unpaired) electrons. The fourth-order valence-corrected chi connectivity index (χ4v) is 4.45. The Morgan fingerprint density at radius 1 is 1.03 bits per heavy atom. The van der Waals surface area contributed by atoms with Crippen LogP contribution in [0.3, 0.4) is 0 Å². The number of nitrogens with one attached hydrogen (secondary N) is 1. The lowest BCUT2D eigenvalue weighted by Gasteiger charge is -2.29. The smallest absolute Gasteiger partial charge is 0.261 e. The number of hydrogen-bond donors (Lipinski definition) is 1. The monoisotopic (exact) mass is 430 g/mol. The second kappa shape index (κ2) is 8.03. The zero-order valence-corrected chi connectivity index (χ0v) is 17.6. The van der Waals surface area contributed by atoms with E-state index in [1.54, 1.807) is 18.2 Å². The van der Waals surface area contributed by atoms with Gasteiger partial charge >= 0.3 is 0 Å². The number of aromatic nitrogens is 2. The number of aryl methyl sites for hydroxylation is 1. The molecule has 3 aromatic rings. The summed E-state index contributed by atoms with van der Waals surface area (Å²) in [4.78, 5) is 40.2. The van der Waals surface area contributed by atoms with Crippen molar-refractivity contribution < 1.29 is 18.8 Å². The maximum absolute atomic E-state index is 13.0. The number of nitrogens with zero attached hydrogens (tertiary/aromatic N) is 3. The van der Waals surface area contributed by atoms with Gasteiger partial charge in [-0.25, -0.2) is 0 Å². The molecular weight excluding hydrogens is 408 g/mol. The van der Waals surface area contributed by atoms with Crippen LogP contribution >= 0.6 is 0 Å². The molecule has 0 atom stereocenters. The number of fused-ring (bicyclic) bond motifs is 1. The largest absolute Gasteiger partial charge is 0.423 e. The highest BCUT2D eigenvalue weighted by atomic mass is 16.4. The predicted octanol–water partition coefficient (Wildman–Crippen LogP) is 4.23. The third kappa shape index (κ3) is 3.47. The van der Waals surface area contributed by atoms with E-state index in [1.165, 1.54) is 17.4 Å². The Morgan fingerprint density at radius 2 is 1.81 bits per heavy atom. The first-order valence-corrected chi connectivity index (χ1v) is 10.7. The molecular formula is C24H22N4O4. The number of carbonyl (C=O) groups excluding carboxylic acids is 3. The van der Waals surface area contributed by atoms with Gasteiger partial charge in [-0.2, -0.15) is 0 Å². The van der Waals surface area contributed by atoms with Gasteiger partial charge in [0.2, 0.25) is 12.3 Å². The van der Waals surface area contributed by atoms with E-state index in [-0.39, 0.29) is 23.8 Å². The summed E-state index contributed by atoms with van der Waals surface area (Å²) in [5.74, 6) is -0.576. The Labute approximate surface area is 184 Å². The van der Waals surface area contributed by atoms with E-state index in [2.05, 4.69) is 15.5 Å². The molecule has 2 aromatic carbocycles. The zero-order chi connectivity index (χ0) is 22.2. The Bertz CT molecular complexity index is 1210. The molecule has 8 nitrogen and oxygen atoms in total. The predicted molar refractivity (Wildman–Crippen MR) is 116 cm³/mol. The minimum absolute atomic E-state index is 0.0523. The van der Waals surface area contributed by atoms with Gasteiger partial charge in [0.25, 0.3) is 17.7 Å². The zero-order valence-electron chi connectivity index (χ0n) is 17.6. The van der Waals surface area contributed by atoms with Crippen LogP contribution in [0.1, 0.15) is 68.7 Å². The van der Waals surface area contributed by atoms with Gasteiger partial charge < -0.3 is 9.73 Å². The number of amides is 3. The van der Waals surface area contributed by atoms with Gasteiger partial charge in [0, 0.05) is 22.9 Å². The molecule has 0 saturated heterocycles. The lowest BCUT2D eigenvalue weighted by molar-refractivity contribution is 0.0549. The Kier molecular flexibility index (Phi) is 5.05. The van der Waals surface area contributed by atoms with E-state index in [1.807, 2.05) is 19.1 Å². The maximum atomic E-state index is 13.0. The number of carbonyl (C=O) groups is 3. The molecule has 1 aliphatic carbocycles. The summed E-state index contributed by atoms with van der Waals surface area (Å²) in [7, 11) is 0. The summed E-state index contributed by atoms with van der Waals surface area (Å²) >= 11 is 0. The van der Waals surface area contributed by atoms with Crippen LogP contribution in [0, 0.1) is 6.92 Å². The molecule has 8 heteroatoms. The Balaban J connectivity index is 1.39. The highest BCUT2D eigenvalue weighted by Gasteiger charge is 2.40. The summed E-state index contributed by atoms with van der Waals surface area (Å²) in [6.45, 7) is 1.88. The third-order valence-corrected chi connectivity index (χ3v) is 6.21. The number of hydrogen-bond acceptors (Lipinski definition) is 6. The molecule has 162 valence electrons. The molecule has 0 spiro atoms. The molecule has 1 fully saturated rings. The summed E-state index contributed by atoms with van der Waals surface area (Å²) in [5, 5.41) is 10.5.